The molecule has 1 N–H and O–H groups in total. The standard InChI is InChI=1S/C19H21ClN4OS/c1-13-9-24-17(12-26-19(24)21-13)18(25)22-16-3-2-8-23(11-16)10-14-4-6-15(20)7-5-14/h4-7,9,12,16H,2-3,8,10-11H2,1H3,(H,22,25). The summed E-state index contributed by atoms with van der Waals surface area (Å²) >= 11 is 7.46. The number of fused-ring (bicyclic) bond motifs is 1. The number of nitrogens with zero attached hydrogens (tertiary/aromatic N) is 3. The summed E-state index contributed by atoms with van der Waals surface area (Å²) in [5.74, 6) is -0.0213. The van der Waals surface area contributed by atoms with Crippen molar-refractivity contribution in [1.82, 2.24) is 19.6 Å². The Morgan fingerprint density at radius 1 is 1.38 bits per heavy atom. The van der Waals surface area contributed by atoms with Gasteiger partial charge in [-0.2, -0.15) is 0 Å². The van der Waals surface area contributed by atoms with Gasteiger partial charge in [0.1, 0.15) is 5.69 Å². The first-order valence-corrected chi connectivity index (χ1v) is 10.0. The molecule has 3 heterocycles. The number of aryl methyl sites for hydroxylation is 1. The average Bonchev–Trinajstić information content (AvgIpc) is 3.16. The molecule has 0 bridgehead atoms. The molecule has 0 saturated carbocycles. The number of piperidine rings is 1. The van der Waals surface area contributed by atoms with Crippen LogP contribution in [-0.2, 0) is 6.54 Å². The van der Waals surface area contributed by atoms with Crippen LogP contribution in [0.2, 0.25) is 5.02 Å². The van der Waals surface area contributed by atoms with Crippen molar-refractivity contribution in [3.05, 3.63) is 57.8 Å². The molecule has 1 aliphatic heterocycles. The number of likely N-dealkylation sites (tertiary alicyclic amines) is 1. The number of imidazole rings is 1. The number of halogens is 1. The molecule has 1 amide bonds. The Labute approximate surface area is 161 Å². The first-order valence-electron chi connectivity index (χ1n) is 8.79. The Morgan fingerprint density at radius 3 is 3.00 bits per heavy atom. The summed E-state index contributed by atoms with van der Waals surface area (Å²) in [4.78, 5) is 20.4. The molecular formula is C19H21ClN4OS. The molecule has 0 aliphatic carbocycles. The summed E-state index contributed by atoms with van der Waals surface area (Å²) in [7, 11) is 0. The van der Waals surface area contributed by atoms with Crippen LogP contribution in [0.15, 0.2) is 35.8 Å². The molecule has 4 rings (SSSR count). The lowest BCUT2D eigenvalue weighted by atomic mass is 10.0. The lowest BCUT2D eigenvalue weighted by molar-refractivity contribution is 0.0895. The first kappa shape index (κ1) is 17.5. The fourth-order valence-corrected chi connectivity index (χ4v) is 4.51. The van der Waals surface area contributed by atoms with Crippen LogP contribution in [0.4, 0.5) is 0 Å². The summed E-state index contributed by atoms with van der Waals surface area (Å²) in [5, 5.41) is 5.84. The maximum atomic E-state index is 12.7. The Bertz CT molecular complexity index is 917. The van der Waals surface area contributed by atoms with Crippen LogP contribution in [0.1, 0.15) is 34.6 Å². The minimum absolute atomic E-state index is 0.0213. The van der Waals surface area contributed by atoms with Crippen molar-refractivity contribution < 1.29 is 4.79 Å². The maximum absolute atomic E-state index is 12.7. The summed E-state index contributed by atoms with van der Waals surface area (Å²) in [6.07, 6.45) is 4.01. The number of rotatable bonds is 4. The number of carbonyl (C=O) groups is 1. The zero-order valence-electron chi connectivity index (χ0n) is 14.6. The molecule has 5 nitrogen and oxygen atoms in total. The van der Waals surface area contributed by atoms with E-state index in [0.717, 1.165) is 48.2 Å². The van der Waals surface area contributed by atoms with E-state index in [-0.39, 0.29) is 11.9 Å². The van der Waals surface area contributed by atoms with Gasteiger partial charge < -0.3 is 5.32 Å². The Morgan fingerprint density at radius 2 is 2.19 bits per heavy atom. The zero-order valence-corrected chi connectivity index (χ0v) is 16.2. The predicted octanol–water partition coefficient (Wildman–Crippen LogP) is 3.75. The molecule has 1 aromatic carbocycles. The molecule has 7 heteroatoms. The molecule has 1 fully saturated rings. The molecule has 0 spiro atoms. The second-order valence-electron chi connectivity index (χ2n) is 6.83. The highest BCUT2D eigenvalue weighted by Crippen LogP contribution is 2.19. The fraction of sp³-hybridized carbons (Fsp3) is 0.368. The van der Waals surface area contributed by atoms with Crippen LogP contribution in [0.25, 0.3) is 4.96 Å². The van der Waals surface area contributed by atoms with Crippen LogP contribution < -0.4 is 5.32 Å². The van der Waals surface area contributed by atoms with E-state index < -0.39 is 0 Å². The third-order valence-corrected chi connectivity index (χ3v) is 5.81. The van der Waals surface area contributed by atoms with Gasteiger partial charge in [0.05, 0.1) is 5.69 Å². The number of carbonyl (C=O) groups excluding carboxylic acids is 1. The van der Waals surface area contributed by atoms with E-state index in [4.69, 9.17) is 11.6 Å². The molecule has 3 aromatic rings. The van der Waals surface area contributed by atoms with Gasteiger partial charge >= 0.3 is 0 Å². The first-order chi connectivity index (χ1) is 12.6. The van der Waals surface area contributed by atoms with Gasteiger partial charge in [0.25, 0.3) is 5.91 Å². The molecule has 1 atom stereocenters. The van der Waals surface area contributed by atoms with Crippen molar-refractivity contribution in [1.29, 1.82) is 0 Å². The molecule has 1 unspecified atom stereocenters. The van der Waals surface area contributed by atoms with Crippen molar-refractivity contribution in [2.75, 3.05) is 13.1 Å². The van der Waals surface area contributed by atoms with Crippen LogP contribution >= 0.6 is 22.9 Å². The molecule has 0 radical (unpaired) electrons. The predicted molar refractivity (Wildman–Crippen MR) is 105 cm³/mol. The van der Waals surface area contributed by atoms with Crippen molar-refractivity contribution in [2.45, 2.75) is 32.4 Å². The van der Waals surface area contributed by atoms with E-state index in [9.17, 15) is 4.79 Å². The highest BCUT2D eigenvalue weighted by molar-refractivity contribution is 7.15. The summed E-state index contributed by atoms with van der Waals surface area (Å²) in [6.45, 7) is 4.74. The molecule has 136 valence electrons. The summed E-state index contributed by atoms with van der Waals surface area (Å²) in [5.41, 5.74) is 2.84. The van der Waals surface area contributed by atoms with Crippen molar-refractivity contribution in [3.8, 4) is 0 Å². The quantitative estimate of drug-likeness (QED) is 0.740. The highest BCUT2D eigenvalue weighted by atomic mass is 35.5. The van der Waals surface area contributed by atoms with E-state index in [1.54, 1.807) is 0 Å². The average molecular weight is 389 g/mol. The van der Waals surface area contributed by atoms with Crippen LogP contribution in [0, 0.1) is 6.92 Å². The number of hydrogen-bond donors (Lipinski definition) is 1. The minimum Gasteiger partial charge on any atom is -0.347 e. The van der Waals surface area contributed by atoms with E-state index in [1.807, 2.05) is 35.0 Å². The number of nitrogens with one attached hydrogen (secondary N) is 1. The van der Waals surface area contributed by atoms with Gasteiger partial charge in [0, 0.05) is 35.7 Å². The molecule has 1 saturated heterocycles. The van der Waals surface area contributed by atoms with E-state index in [2.05, 4.69) is 27.3 Å². The third-order valence-electron chi connectivity index (χ3n) is 4.72. The van der Waals surface area contributed by atoms with Gasteiger partial charge in [0.2, 0.25) is 0 Å². The second-order valence-corrected chi connectivity index (χ2v) is 8.10. The monoisotopic (exact) mass is 388 g/mol. The Kier molecular flexibility index (Phi) is 4.98. The molecule has 1 aliphatic rings. The lowest BCUT2D eigenvalue weighted by Gasteiger charge is -2.33. The summed E-state index contributed by atoms with van der Waals surface area (Å²) < 4.78 is 1.88. The zero-order chi connectivity index (χ0) is 18.1. The van der Waals surface area contributed by atoms with Crippen molar-refractivity contribution in [3.63, 3.8) is 0 Å². The van der Waals surface area contributed by atoms with Gasteiger partial charge in [-0.05, 0) is 44.0 Å². The smallest absolute Gasteiger partial charge is 0.269 e. The topological polar surface area (TPSA) is 49.6 Å². The van der Waals surface area contributed by atoms with Crippen LogP contribution in [-0.4, -0.2) is 39.3 Å². The van der Waals surface area contributed by atoms with Gasteiger partial charge in [-0.25, -0.2) is 4.98 Å². The van der Waals surface area contributed by atoms with Gasteiger partial charge in [-0.3, -0.25) is 14.1 Å². The highest BCUT2D eigenvalue weighted by Gasteiger charge is 2.23. The van der Waals surface area contributed by atoms with E-state index in [0.29, 0.717) is 5.69 Å². The number of benzene rings is 1. The SMILES string of the molecule is Cc1cn2c(C(=O)NC3CCCN(Cc4ccc(Cl)cc4)C3)csc2n1. The molecular weight excluding hydrogens is 368 g/mol. The number of thiazole rings is 1. The van der Waals surface area contributed by atoms with Gasteiger partial charge in [-0.1, -0.05) is 23.7 Å². The Balaban J connectivity index is 1.39. The van der Waals surface area contributed by atoms with Crippen LogP contribution in [0.5, 0.6) is 0 Å². The van der Waals surface area contributed by atoms with E-state index in [1.165, 1.54) is 16.9 Å². The second kappa shape index (κ2) is 7.39. The van der Waals surface area contributed by atoms with Gasteiger partial charge in [0.15, 0.2) is 4.96 Å². The summed E-state index contributed by atoms with van der Waals surface area (Å²) in [6, 6.07) is 8.15. The molecule has 2 aromatic heterocycles. The third kappa shape index (κ3) is 3.77. The lowest BCUT2D eigenvalue weighted by Crippen LogP contribution is -2.47. The normalized spacial score (nSPS) is 18.3. The van der Waals surface area contributed by atoms with Crippen molar-refractivity contribution >= 4 is 33.8 Å². The largest absolute Gasteiger partial charge is 0.347 e. The van der Waals surface area contributed by atoms with Crippen LogP contribution in [0.3, 0.4) is 0 Å². The number of aromatic nitrogens is 2. The fourth-order valence-electron chi connectivity index (χ4n) is 3.48. The van der Waals surface area contributed by atoms with Gasteiger partial charge in [-0.15, -0.1) is 11.3 Å². The molecule has 26 heavy (non-hydrogen) atoms. The van der Waals surface area contributed by atoms with Crippen molar-refractivity contribution in [2.24, 2.45) is 0 Å². The minimum atomic E-state index is -0.0213. The number of amides is 1. The maximum Gasteiger partial charge on any atom is 0.269 e. The van der Waals surface area contributed by atoms with E-state index >= 15 is 0 Å². The Hall–Kier alpha value is -1.89. The number of hydrogen-bond acceptors (Lipinski definition) is 4.